The molecular weight excluding hydrogens is 282 g/mol. The molecular formula is C16H31N3O3. The van der Waals surface area contributed by atoms with Crippen LogP contribution in [0.2, 0.25) is 0 Å². The number of piperidine rings is 1. The van der Waals surface area contributed by atoms with Crippen molar-refractivity contribution in [2.45, 2.75) is 40.0 Å². The third kappa shape index (κ3) is 7.75. The number of aliphatic imine (C=N–C) groups is 1. The lowest BCUT2D eigenvalue weighted by atomic mass is 9.99. The van der Waals surface area contributed by atoms with Crippen LogP contribution in [0.3, 0.4) is 0 Å². The molecule has 2 rings (SSSR count). The minimum Gasteiger partial charge on any atom is -0.448 e. The first-order valence-electron chi connectivity index (χ1n) is 8.42. The number of nitrogens with zero attached hydrogens (tertiary/aromatic N) is 2. The highest BCUT2D eigenvalue weighted by molar-refractivity contribution is 5.90. The average Bonchev–Trinajstić information content (AvgIpc) is 2.55. The van der Waals surface area contributed by atoms with Crippen LogP contribution in [0.15, 0.2) is 4.99 Å². The summed E-state index contributed by atoms with van der Waals surface area (Å²) in [5.74, 6) is 1.20. The summed E-state index contributed by atoms with van der Waals surface area (Å²) in [4.78, 5) is 17.7. The van der Waals surface area contributed by atoms with Crippen LogP contribution in [0.25, 0.3) is 0 Å². The summed E-state index contributed by atoms with van der Waals surface area (Å²) in [6.07, 6.45) is 2.92. The van der Waals surface area contributed by atoms with Gasteiger partial charge in [-0.25, -0.2) is 4.79 Å². The number of carbonyl (C=O) groups is 1. The third-order valence-electron chi connectivity index (χ3n) is 3.62. The van der Waals surface area contributed by atoms with E-state index in [0.29, 0.717) is 25.7 Å². The van der Waals surface area contributed by atoms with Gasteiger partial charge in [-0.3, -0.25) is 0 Å². The first kappa shape index (κ1) is 18.9. The van der Waals surface area contributed by atoms with Crippen molar-refractivity contribution in [3.8, 4) is 0 Å². The maximum atomic E-state index is 11.7. The normalized spacial score (nSPS) is 20.1. The molecule has 22 heavy (non-hydrogen) atoms. The number of carbonyl (C=O) groups excluding carboxylic acids is 1. The molecule has 128 valence electrons. The summed E-state index contributed by atoms with van der Waals surface area (Å²) < 4.78 is 10.5. The Kier molecular flexibility index (Phi) is 9.82. The average molecular weight is 313 g/mol. The number of hydrogen-bond donors (Lipinski definition) is 1. The molecule has 0 saturated carbocycles. The van der Waals surface area contributed by atoms with E-state index in [2.05, 4.69) is 29.1 Å². The maximum Gasteiger partial charge on any atom is 0.435 e. The Morgan fingerprint density at radius 1 is 1.27 bits per heavy atom. The Morgan fingerprint density at radius 3 is 2.45 bits per heavy atom. The molecule has 2 aliphatic heterocycles. The zero-order valence-corrected chi connectivity index (χ0v) is 14.3. The highest BCUT2D eigenvalue weighted by atomic mass is 16.5. The molecule has 2 saturated heterocycles. The lowest BCUT2D eigenvalue weighted by Gasteiger charge is -2.28. The molecule has 0 unspecified atom stereocenters. The van der Waals surface area contributed by atoms with Gasteiger partial charge >= 0.3 is 6.09 Å². The molecule has 2 fully saturated rings. The summed E-state index contributed by atoms with van der Waals surface area (Å²) in [7, 11) is 0. The van der Waals surface area contributed by atoms with Crippen molar-refractivity contribution >= 4 is 11.9 Å². The minimum atomic E-state index is -0.470. The number of ether oxygens (including phenoxy) is 2. The van der Waals surface area contributed by atoms with E-state index in [1.54, 1.807) is 0 Å². The van der Waals surface area contributed by atoms with Crippen molar-refractivity contribution in [2.75, 3.05) is 46.0 Å². The Bertz CT molecular complexity index is 336. The number of nitrogens with one attached hydrogen (secondary N) is 1. The van der Waals surface area contributed by atoms with Crippen LogP contribution in [-0.4, -0.2) is 62.8 Å². The molecule has 0 aromatic rings. The second-order valence-corrected chi connectivity index (χ2v) is 5.74. The van der Waals surface area contributed by atoms with Gasteiger partial charge in [-0.15, -0.1) is 0 Å². The standard InChI is InChI=1S/C13H23N3O3.C3H8/c1-11(16-6-8-18-9-7-16)15-13(17)19-10-12-2-4-14-5-3-12;1-3-2/h12,14H,2-10H2,1H3;3H2,1-2H3/b15-11-;. The van der Waals surface area contributed by atoms with E-state index in [9.17, 15) is 4.79 Å². The predicted molar refractivity (Wildman–Crippen MR) is 88.4 cm³/mol. The van der Waals surface area contributed by atoms with Gasteiger partial charge in [-0.2, -0.15) is 4.99 Å². The summed E-state index contributed by atoms with van der Waals surface area (Å²) in [5, 5.41) is 3.29. The van der Waals surface area contributed by atoms with Crippen LogP contribution in [-0.2, 0) is 9.47 Å². The molecule has 0 aromatic carbocycles. The van der Waals surface area contributed by atoms with Crippen molar-refractivity contribution in [3.63, 3.8) is 0 Å². The molecule has 0 aliphatic carbocycles. The quantitative estimate of drug-likeness (QED) is 0.626. The van der Waals surface area contributed by atoms with E-state index in [-0.39, 0.29) is 0 Å². The van der Waals surface area contributed by atoms with Crippen LogP contribution in [0.4, 0.5) is 4.79 Å². The van der Waals surface area contributed by atoms with Gasteiger partial charge in [0.1, 0.15) is 5.84 Å². The summed E-state index contributed by atoms with van der Waals surface area (Å²) in [5.41, 5.74) is 0. The van der Waals surface area contributed by atoms with E-state index in [1.807, 2.05) is 6.92 Å². The smallest absolute Gasteiger partial charge is 0.435 e. The van der Waals surface area contributed by atoms with Gasteiger partial charge in [0.25, 0.3) is 0 Å². The second-order valence-electron chi connectivity index (χ2n) is 5.74. The van der Waals surface area contributed by atoms with Crippen LogP contribution in [0.1, 0.15) is 40.0 Å². The summed E-state index contributed by atoms with van der Waals surface area (Å²) in [6.45, 7) is 11.6. The number of amidine groups is 1. The lowest BCUT2D eigenvalue weighted by molar-refractivity contribution is 0.0674. The van der Waals surface area contributed by atoms with Crippen LogP contribution in [0.5, 0.6) is 0 Å². The Balaban J connectivity index is 0.000000745. The van der Waals surface area contributed by atoms with Gasteiger partial charge in [-0.1, -0.05) is 20.3 Å². The fourth-order valence-electron chi connectivity index (χ4n) is 2.36. The van der Waals surface area contributed by atoms with Gasteiger partial charge in [0, 0.05) is 13.1 Å². The summed E-state index contributed by atoms with van der Waals surface area (Å²) in [6, 6.07) is 0. The van der Waals surface area contributed by atoms with E-state index in [1.165, 1.54) is 6.42 Å². The van der Waals surface area contributed by atoms with Crippen molar-refractivity contribution in [2.24, 2.45) is 10.9 Å². The highest BCUT2D eigenvalue weighted by Crippen LogP contribution is 2.12. The molecule has 0 atom stereocenters. The third-order valence-corrected chi connectivity index (χ3v) is 3.62. The second kappa shape index (κ2) is 11.4. The first-order valence-corrected chi connectivity index (χ1v) is 8.42. The summed E-state index contributed by atoms with van der Waals surface area (Å²) >= 11 is 0. The number of morpholine rings is 1. The number of amides is 1. The van der Waals surface area contributed by atoms with Crippen LogP contribution in [0, 0.1) is 5.92 Å². The molecule has 2 heterocycles. The van der Waals surface area contributed by atoms with Crippen molar-refractivity contribution in [1.82, 2.24) is 10.2 Å². The molecule has 1 amide bonds. The molecule has 0 bridgehead atoms. The molecule has 1 N–H and O–H groups in total. The largest absolute Gasteiger partial charge is 0.448 e. The molecule has 0 radical (unpaired) electrons. The zero-order valence-electron chi connectivity index (χ0n) is 14.3. The van der Waals surface area contributed by atoms with Gasteiger partial charge in [-0.05, 0) is 38.8 Å². The molecule has 0 aromatic heterocycles. The van der Waals surface area contributed by atoms with E-state index < -0.39 is 6.09 Å². The minimum absolute atomic E-state index is 0.470. The SMILES string of the molecule is C/C(=N/C(=O)OCC1CCNCC1)N1CCOCC1.CCC. The van der Waals surface area contributed by atoms with Gasteiger partial charge in [0.2, 0.25) is 0 Å². The van der Waals surface area contributed by atoms with E-state index in [0.717, 1.165) is 44.9 Å². The number of rotatable bonds is 2. The van der Waals surface area contributed by atoms with Crippen molar-refractivity contribution in [3.05, 3.63) is 0 Å². The topological polar surface area (TPSA) is 63.2 Å². The molecule has 2 aliphatic rings. The Morgan fingerprint density at radius 2 is 1.86 bits per heavy atom. The van der Waals surface area contributed by atoms with E-state index in [4.69, 9.17) is 9.47 Å². The zero-order chi connectivity index (χ0) is 16.2. The molecule has 6 nitrogen and oxygen atoms in total. The molecule has 6 heteroatoms. The monoisotopic (exact) mass is 313 g/mol. The van der Waals surface area contributed by atoms with Crippen LogP contribution < -0.4 is 5.32 Å². The van der Waals surface area contributed by atoms with Gasteiger partial charge < -0.3 is 19.7 Å². The fourth-order valence-corrected chi connectivity index (χ4v) is 2.36. The number of hydrogen-bond acceptors (Lipinski definition) is 4. The van der Waals surface area contributed by atoms with Gasteiger partial charge in [0.15, 0.2) is 0 Å². The van der Waals surface area contributed by atoms with E-state index >= 15 is 0 Å². The Hall–Kier alpha value is -1.14. The molecule has 0 spiro atoms. The van der Waals surface area contributed by atoms with Crippen molar-refractivity contribution in [1.29, 1.82) is 0 Å². The predicted octanol–water partition coefficient (Wildman–Crippen LogP) is 2.29. The lowest BCUT2D eigenvalue weighted by Crippen LogP contribution is -2.39. The maximum absolute atomic E-state index is 11.7. The first-order chi connectivity index (χ1) is 10.7. The fraction of sp³-hybridized carbons (Fsp3) is 0.875. The van der Waals surface area contributed by atoms with Crippen LogP contribution >= 0.6 is 0 Å². The Labute approximate surface area is 134 Å². The van der Waals surface area contributed by atoms with Crippen molar-refractivity contribution < 1.29 is 14.3 Å². The van der Waals surface area contributed by atoms with Gasteiger partial charge in [0.05, 0.1) is 19.8 Å². The highest BCUT2D eigenvalue weighted by Gasteiger charge is 2.16.